The van der Waals surface area contributed by atoms with Crippen LogP contribution in [-0.4, -0.2) is 12.7 Å². The van der Waals surface area contributed by atoms with E-state index in [9.17, 15) is 0 Å². The van der Waals surface area contributed by atoms with E-state index >= 15 is 0 Å². The van der Waals surface area contributed by atoms with Gasteiger partial charge in [-0.2, -0.15) is 0 Å². The van der Waals surface area contributed by atoms with Gasteiger partial charge in [0.05, 0.1) is 0 Å². The predicted molar refractivity (Wildman–Crippen MR) is 93.5 cm³/mol. The largest absolute Gasteiger partial charge is 0.394 e. The van der Waals surface area contributed by atoms with Crippen molar-refractivity contribution in [3.63, 3.8) is 0 Å². The van der Waals surface area contributed by atoms with Crippen LogP contribution in [0.1, 0.15) is 53.9 Å². The average Bonchev–Trinajstić information content (AvgIpc) is 2.79. The lowest BCUT2D eigenvalue weighted by molar-refractivity contribution is -0.120. The smallest absolute Gasteiger partial charge is 0.167 e. The molecule has 1 aliphatic heterocycles. The molecule has 4 rings (SSSR count). The van der Waals surface area contributed by atoms with Crippen LogP contribution in [0.25, 0.3) is 0 Å². The van der Waals surface area contributed by atoms with E-state index in [1.807, 2.05) is 0 Å². The van der Waals surface area contributed by atoms with E-state index in [0.717, 1.165) is 42.0 Å². The minimum atomic E-state index is 0.644. The van der Waals surface area contributed by atoms with Gasteiger partial charge in [0.2, 0.25) is 0 Å². The van der Waals surface area contributed by atoms with Crippen molar-refractivity contribution < 1.29 is 0 Å². The van der Waals surface area contributed by atoms with Crippen LogP contribution in [-0.2, 0) is 0 Å². The predicted octanol–water partition coefficient (Wildman–Crippen LogP) is 4.87. The minimum absolute atomic E-state index is 0.644. The summed E-state index contributed by atoms with van der Waals surface area (Å²) in [5.74, 6) is 5.55. The third-order valence-electron chi connectivity index (χ3n) is 7.16. The van der Waals surface area contributed by atoms with Crippen molar-refractivity contribution in [2.75, 3.05) is 0 Å². The van der Waals surface area contributed by atoms with E-state index in [-0.39, 0.29) is 0 Å². The molecule has 0 spiro atoms. The van der Waals surface area contributed by atoms with E-state index in [4.69, 9.17) is 0 Å². The number of rotatable bonds is 5. The Hall–Kier alpha value is -0.395. The Balaban J connectivity index is 1.69. The van der Waals surface area contributed by atoms with E-state index in [0.29, 0.717) is 11.4 Å². The molecule has 5 atom stereocenters. The van der Waals surface area contributed by atoms with Gasteiger partial charge in [-0.3, -0.25) is 0 Å². The molecule has 0 aromatic rings. The molecule has 2 bridgehead atoms. The summed E-state index contributed by atoms with van der Waals surface area (Å²) < 4.78 is 0. The third kappa shape index (κ3) is 2.68. The fourth-order valence-electron chi connectivity index (χ4n) is 6.04. The molecule has 1 saturated heterocycles. The number of nitrogens with one attached hydrogen (secondary N) is 1. The van der Waals surface area contributed by atoms with Crippen molar-refractivity contribution >= 4 is 6.71 Å². The van der Waals surface area contributed by atoms with Gasteiger partial charge in [-0.1, -0.05) is 46.9 Å². The van der Waals surface area contributed by atoms with Gasteiger partial charge in [0.25, 0.3) is 0 Å². The first-order valence-electron chi connectivity index (χ1n) is 9.21. The van der Waals surface area contributed by atoms with E-state index in [1.165, 1.54) is 31.9 Å². The minimum Gasteiger partial charge on any atom is -0.394 e. The summed E-state index contributed by atoms with van der Waals surface area (Å²) in [6.45, 7) is 16.9. The number of allylic oxidation sites excluding steroid dienone is 1. The maximum Gasteiger partial charge on any atom is 0.167 e. The molecule has 118 valence electrons. The second-order valence-corrected chi connectivity index (χ2v) is 9.41. The summed E-state index contributed by atoms with van der Waals surface area (Å²) in [4.78, 5) is 0. The van der Waals surface area contributed by atoms with Gasteiger partial charge in [0.15, 0.2) is 6.71 Å². The summed E-state index contributed by atoms with van der Waals surface area (Å²) in [7, 11) is 0. The van der Waals surface area contributed by atoms with Gasteiger partial charge in [0.1, 0.15) is 0 Å². The zero-order valence-corrected chi connectivity index (χ0v) is 14.8. The molecule has 3 aliphatic carbocycles. The summed E-state index contributed by atoms with van der Waals surface area (Å²) >= 11 is 0. The Bertz CT molecular complexity index is 414. The Morgan fingerprint density at radius 2 is 2.00 bits per heavy atom. The summed E-state index contributed by atoms with van der Waals surface area (Å²) in [5.41, 5.74) is 1.80. The number of hydrogen-bond acceptors (Lipinski definition) is 1. The molecule has 1 N–H and O–H groups in total. The van der Waals surface area contributed by atoms with Gasteiger partial charge in [-0.25, -0.2) is 0 Å². The molecule has 2 heteroatoms. The lowest BCUT2D eigenvalue weighted by atomic mass is 9.40. The van der Waals surface area contributed by atoms with Crippen LogP contribution in [0.4, 0.5) is 0 Å². The van der Waals surface area contributed by atoms with Crippen molar-refractivity contribution in [3.8, 4) is 0 Å². The molecule has 4 fully saturated rings. The highest BCUT2D eigenvalue weighted by Crippen LogP contribution is 2.66. The monoisotopic (exact) mass is 287 g/mol. The summed E-state index contributed by atoms with van der Waals surface area (Å²) in [5, 5.41) is 3.72. The first-order chi connectivity index (χ1) is 9.79. The zero-order chi connectivity index (χ0) is 15.4. The van der Waals surface area contributed by atoms with Gasteiger partial charge in [-0.05, 0) is 66.9 Å². The Morgan fingerprint density at radius 1 is 1.29 bits per heavy atom. The molecule has 1 heterocycles. The van der Waals surface area contributed by atoms with Crippen LogP contribution < -0.4 is 5.32 Å². The average molecular weight is 287 g/mol. The van der Waals surface area contributed by atoms with E-state index in [1.54, 1.807) is 0 Å². The lowest BCUT2D eigenvalue weighted by Crippen LogP contribution is -2.54. The SMILES string of the molecule is C=C(C)NC(CC(C)C)B1CC2CC3CC([C@@H]2C1)C3(C)C. The summed E-state index contributed by atoms with van der Waals surface area (Å²) in [6, 6.07) is 0. The molecule has 1 nitrogen and oxygen atoms in total. The van der Waals surface area contributed by atoms with Crippen LogP contribution in [0.2, 0.25) is 12.6 Å². The van der Waals surface area contributed by atoms with Crippen LogP contribution in [0.15, 0.2) is 12.3 Å². The highest BCUT2D eigenvalue weighted by atomic mass is 14.9. The van der Waals surface area contributed by atoms with E-state index in [2.05, 4.69) is 46.5 Å². The van der Waals surface area contributed by atoms with Crippen molar-refractivity contribution in [1.82, 2.24) is 5.32 Å². The maximum atomic E-state index is 4.10. The van der Waals surface area contributed by atoms with Crippen LogP contribution in [0.5, 0.6) is 0 Å². The van der Waals surface area contributed by atoms with Crippen LogP contribution in [0, 0.1) is 35.0 Å². The lowest BCUT2D eigenvalue weighted by Gasteiger charge is -2.61. The number of hydrogen-bond donors (Lipinski definition) is 1. The van der Waals surface area contributed by atoms with Crippen molar-refractivity contribution in [2.24, 2.45) is 35.0 Å². The van der Waals surface area contributed by atoms with Gasteiger partial charge in [-0.15, -0.1) is 0 Å². The Labute approximate surface area is 132 Å². The topological polar surface area (TPSA) is 12.0 Å². The standard InChI is InChI=1S/C19H34BN/c1-12(2)7-18(21-13(3)4)20-10-14-8-15-9-17(16(14)11-20)19(15,5)6/h12,14-18,21H,3,7-11H2,1-2,4-6H3/t14?,15?,16-,17?,18?/m1/s1. The molecule has 0 aromatic heterocycles. The van der Waals surface area contributed by atoms with Gasteiger partial charge in [0, 0.05) is 5.94 Å². The molecule has 0 aromatic carbocycles. The molecule has 0 amide bonds. The molecular weight excluding hydrogens is 253 g/mol. The fraction of sp³-hybridized carbons (Fsp3) is 0.895. The second-order valence-electron chi connectivity index (χ2n) is 9.41. The molecule has 4 aliphatic rings. The molecular formula is C19H34BN. The van der Waals surface area contributed by atoms with Crippen LogP contribution >= 0.6 is 0 Å². The van der Waals surface area contributed by atoms with Crippen molar-refractivity contribution in [2.45, 2.75) is 72.5 Å². The second kappa shape index (κ2) is 5.35. The van der Waals surface area contributed by atoms with Crippen molar-refractivity contribution in [3.05, 3.63) is 12.3 Å². The van der Waals surface area contributed by atoms with Crippen LogP contribution in [0.3, 0.4) is 0 Å². The summed E-state index contributed by atoms with van der Waals surface area (Å²) in [6.07, 6.45) is 7.30. The molecule has 21 heavy (non-hydrogen) atoms. The van der Waals surface area contributed by atoms with Gasteiger partial charge < -0.3 is 5.32 Å². The highest BCUT2D eigenvalue weighted by Gasteiger charge is 2.60. The Kier molecular flexibility index (Phi) is 3.95. The molecule has 3 saturated carbocycles. The zero-order valence-electron chi connectivity index (χ0n) is 14.8. The quantitative estimate of drug-likeness (QED) is 0.711. The highest BCUT2D eigenvalue weighted by molar-refractivity contribution is 6.61. The van der Waals surface area contributed by atoms with E-state index < -0.39 is 0 Å². The van der Waals surface area contributed by atoms with Gasteiger partial charge >= 0.3 is 0 Å². The maximum absolute atomic E-state index is 4.10. The normalized spacial score (nSPS) is 37.9. The Morgan fingerprint density at radius 3 is 2.57 bits per heavy atom. The third-order valence-corrected chi connectivity index (χ3v) is 7.16. The first kappa shape index (κ1) is 15.5. The molecule has 0 radical (unpaired) electrons. The van der Waals surface area contributed by atoms with Crippen molar-refractivity contribution in [1.29, 1.82) is 0 Å². The first-order valence-corrected chi connectivity index (χ1v) is 9.21. The molecule has 4 unspecified atom stereocenters. The fourth-order valence-corrected chi connectivity index (χ4v) is 6.04.